The Morgan fingerprint density at radius 2 is 2.00 bits per heavy atom. The van der Waals surface area contributed by atoms with E-state index in [1.807, 2.05) is 30.3 Å². The van der Waals surface area contributed by atoms with Crippen LogP contribution in [0.3, 0.4) is 0 Å². The third-order valence-corrected chi connectivity index (χ3v) is 4.49. The molecule has 0 aromatic heterocycles. The molecule has 0 heterocycles. The lowest BCUT2D eigenvalue weighted by Crippen LogP contribution is -2.03. The Morgan fingerprint density at radius 1 is 1.32 bits per heavy atom. The summed E-state index contributed by atoms with van der Waals surface area (Å²) in [6.07, 6.45) is 0.965. The average Bonchev–Trinajstić information content (AvgIpc) is 2.51. The van der Waals surface area contributed by atoms with E-state index in [-0.39, 0.29) is 5.56 Å². The average molecular weight is 317 g/mol. The highest BCUT2D eigenvalue weighted by atomic mass is 32.2. The van der Waals surface area contributed by atoms with Crippen LogP contribution in [-0.2, 0) is 0 Å². The third-order valence-electron chi connectivity index (χ3n) is 3.20. The summed E-state index contributed by atoms with van der Waals surface area (Å²) in [6, 6.07) is 12.4. The number of benzene rings is 2. The molecule has 116 valence electrons. The molecule has 0 aliphatic heterocycles. The highest BCUT2D eigenvalue weighted by Gasteiger charge is 2.17. The van der Waals surface area contributed by atoms with Gasteiger partial charge in [-0.25, -0.2) is 4.79 Å². The molecule has 5 heteroatoms. The first-order valence-electron chi connectivity index (χ1n) is 7.07. The topological polar surface area (TPSA) is 72.5 Å². The smallest absolute Gasteiger partial charge is 0.335 e. The molecule has 0 amide bonds. The summed E-state index contributed by atoms with van der Waals surface area (Å²) >= 11 is 1.57. The van der Waals surface area contributed by atoms with Gasteiger partial charge in [-0.1, -0.05) is 32.0 Å². The first-order chi connectivity index (χ1) is 10.5. The zero-order chi connectivity index (χ0) is 16.1. The van der Waals surface area contributed by atoms with E-state index >= 15 is 0 Å². The molecule has 2 rings (SSSR count). The van der Waals surface area contributed by atoms with E-state index in [1.165, 1.54) is 6.07 Å². The monoisotopic (exact) mass is 317 g/mol. The molecule has 0 aliphatic rings. The molecule has 1 unspecified atom stereocenters. The summed E-state index contributed by atoms with van der Waals surface area (Å²) < 4.78 is 5.88. The van der Waals surface area contributed by atoms with Gasteiger partial charge in [-0.15, -0.1) is 11.8 Å². The first-order valence-corrected chi connectivity index (χ1v) is 7.95. The van der Waals surface area contributed by atoms with Crippen LogP contribution in [0.2, 0.25) is 0 Å². The molecule has 4 nitrogen and oxygen atoms in total. The van der Waals surface area contributed by atoms with Crippen molar-refractivity contribution in [3.05, 3.63) is 48.0 Å². The Balaban J connectivity index is 2.43. The van der Waals surface area contributed by atoms with Gasteiger partial charge in [-0.3, -0.25) is 0 Å². The number of hydrogen-bond donors (Lipinski definition) is 2. The molecule has 0 aliphatic carbocycles. The number of rotatable bonds is 6. The number of anilines is 1. The molecule has 22 heavy (non-hydrogen) atoms. The van der Waals surface area contributed by atoms with E-state index in [0.717, 1.165) is 11.3 Å². The molecule has 0 bridgehead atoms. The quantitative estimate of drug-likeness (QED) is 0.599. The number of carboxylic acids is 1. The SMILES string of the molecule is CCC(C)Sc1cc(C(=O)O)cc(N)c1Oc1ccccc1. The molecule has 2 aromatic rings. The predicted octanol–water partition coefficient (Wildman–Crippen LogP) is 4.65. The van der Waals surface area contributed by atoms with Crippen LogP contribution in [0, 0.1) is 0 Å². The molecule has 2 aromatic carbocycles. The Hall–Kier alpha value is -2.14. The number of aromatic carboxylic acids is 1. The standard InChI is InChI=1S/C17H19NO3S/c1-3-11(2)22-15-10-12(17(19)20)9-14(18)16(15)21-13-7-5-4-6-8-13/h4-11H,3,18H2,1-2H3,(H,19,20). The minimum atomic E-state index is -0.996. The number of hydrogen-bond acceptors (Lipinski definition) is 4. The van der Waals surface area contributed by atoms with Crippen molar-refractivity contribution in [2.24, 2.45) is 0 Å². The van der Waals surface area contributed by atoms with Gasteiger partial charge in [0.15, 0.2) is 5.75 Å². The van der Waals surface area contributed by atoms with Crippen molar-refractivity contribution in [2.75, 3.05) is 5.73 Å². The van der Waals surface area contributed by atoms with Crippen molar-refractivity contribution in [2.45, 2.75) is 30.4 Å². The molecular weight excluding hydrogens is 298 g/mol. The van der Waals surface area contributed by atoms with Crippen molar-refractivity contribution in [3.8, 4) is 11.5 Å². The molecule has 3 N–H and O–H groups in total. The van der Waals surface area contributed by atoms with Crippen LogP contribution in [0.4, 0.5) is 5.69 Å². The number of carboxylic acid groups (broad SMARTS) is 1. The van der Waals surface area contributed by atoms with Crippen molar-refractivity contribution in [1.82, 2.24) is 0 Å². The number of nitrogen functional groups attached to an aromatic ring is 1. The summed E-state index contributed by atoms with van der Waals surface area (Å²) in [5.74, 6) is 0.189. The molecule has 0 saturated carbocycles. The fourth-order valence-corrected chi connectivity index (χ4v) is 2.91. The van der Waals surface area contributed by atoms with Crippen molar-refractivity contribution < 1.29 is 14.6 Å². The van der Waals surface area contributed by atoms with Crippen LogP contribution in [0.5, 0.6) is 11.5 Å². The number of ether oxygens (including phenoxy) is 1. The van der Waals surface area contributed by atoms with Gasteiger partial charge in [0, 0.05) is 5.25 Å². The van der Waals surface area contributed by atoms with Gasteiger partial charge in [0.2, 0.25) is 0 Å². The summed E-state index contributed by atoms with van der Waals surface area (Å²) in [7, 11) is 0. The van der Waals surface area contributed by atoms with Gasteiger partial charge in [0.1, 0.15) is 5.75 Å². The largest absolute Gasteiger partial charge is 0.478 e. The molecule has 0 fully saturated rings. The number of carbonyl (C=O) groups is 1. The number of thioether (sulfide) groups is 1. The summed E-state index contributed by atoms with van der Waals surface area (Å²) in [5.41, 5.74) is 6.52. The van der Waals surface area contributed by atoms with E-state index < -0.39 is 5.97 Å². The predicted molar refractivity (Wildman–Crippen MR) is 89.9 cm³/mol. The molecule has 0 saturated heterocycles. The second-order valence-electron chi connectivity index (χ2n) is 4.95. The lowest BCUT2D eigenvalue weighted by Gasteiger charge is -2.16. The third kappa shape index (κ3) is 3.95. The Morgan fingerprint density at radius 3 is 2.59 bits per heavy atom. The summed E-state index contributed by atoms with van der Waals surface area (Å²) in [6.45, 7) is 4.17. The van der Waals surface area contributed by atoms with E-state index in [9.17, 15) is 9.90 Å². The maximum atomic E-state index is 11.2. The van der Waals surface area contributed by atoms with Crippen molar-refractivity contribution in [3.63, 3.8) is 0 Å². The minimum Gasteiger partial charge on any atom is -0.478 e. The second kappa shape index (κ2) is 7.22. The highest BCUT2D eigenvalue weighted by Crippen LogP contribution is 2.40. The summed E-state index contributed by atoms with van der Waals surface area (Å²) in [5, 5.41) is 9.53. The molecule has 0 spiro atoms. The number of nitrogens with two attached hydrogens (primary N) is 1. The minimum absolute atomic E-state index is 0.170. The van der Waals surface area contributed by atoms with Crippen LogP contribution in [0.1, 0.15) is 30.6 Å². The lowest BCUT2D eigenvalue weighted by molar-refractivity contribution is 0.0696. The normalized spacial score (nSPS) is 11.9. The van der Waals surface area contributed by atoms with Crippen molar-refractivity contribution >= 4 is 23.4 Å². The maximum Gasteiger partial charge on any atom is 0.335 e. The van der Waals surface area contributed by atoms with Gasteiger partial charge in [0.05, 0.1) is 16.1 Å². The zero-order valence-electron chi connectivity index (χ0n) is 12.6. The Labute approximate surface area is 134 Å². The molecule has 1 atom stereocenters. The fraction of sp³-hybridized carbons (Fsp3) is 0.235. The van der Waals surface area contributed by atoms with Crippen molar-refractivity contribution in [1.29, 1.82) is 0 Å². The summed E-state index contributed by atoms with van der Waals surface area (Å²) in [4.78, 5) is 12.0. The van der Waals surface area contributed by atoms with Crippen LogP contribution in [0.15, 0.2) is 47.4 Å². The second-order valence-corrected chi connectivity index (χ2v) is 6.43. The van der Waals surface area contributed by atoms with E-state index in [2.05, 4.69) is 13.8 Å². The van der Waals surface area contributed by atoms with E-state index in [0.29, 0.717) is 22.4 Å². The Bertz CT molecular complexity index is 658. The highest BCUT2D eigenvalue weighted by molar-refractivity contribution is 8.00. The zero-order valence-corrected chi connectivity index (χ0v) is 13.4. The Kier molecular flexibility index (Phi) is 5.33. The van der Waals surface area contributed by atoms with Gasteiger partial charge in [-0.2, -0.15) is 0 Å². The lowest BCUT2D eigenvalue weighted by atomic mass is 10.2. The van der Waals surface area contributed by atoms with Crippen LogP contribution < -0.4 is 10.5 Å². The van der Waals surface area contributed by atoms with Gasteiger partial charge >= 0.3 is 5.97 Å². The molecule has 0 radical (unpaired) electrons. The van der Waals surface area contributed by atoms with E-state index in [1.54, 1.807) is 17.8 Å². The fourth-order valence-electron chi connectivity index (χ4n) is 1.85. The van der Waals surface area contributed by atoms with Gasteiger partial charge < -0.3 is 15.6 Å². The van der Waals surface area contributed by atoms with Gasteiger partial charge in [0.25, 0.3) is 0 Å². The van der Waals surface area contributed by atoms with Crippen LogP contribution >= 0.6 is 11.8 Å². The first kappa shape index (κ1) is 16.2. The van der Waals surface area contributed by atoms with Crippen LogP contribution in [-0.4, -0.2) is 16.3 Å². The number of para-hydroxylation sites is 1. The van der Waals surface area contributed by atoms with Crippen LogP contribution in [0.25, 0.3) is 0 Å². The molecular formula is C17H19NO3S. The van der Waals surface area contributed by atoms with Gasteiger partial charge in [-0.05, 0) is 30.7 Å². The van der Waals surface area contributed by atoms with E-state index in [4.69, 9.17) is 10.5 Å². The maximum absolute atomic E-state index is 11.2.